The quantitative estimate of drug-likeness (QED) is 0.0872. The third-order valence-corrected chi connectivity index (χ3v) is 8.31. The van der Waals surface area contributed by atoms with Crippen molar-refractivity contribution >= 4 is 23.7 Å². The van der Waals surface area contributed by atoms with Crippen LogP contribution in [0.25, 0.3) is 0 Å². The molecule has 0 N–H and O–H groups in total. The fourth-order valence-corrected chi connectivity index (χ4v) is 6.26. The topological polar surface area (TPSA) is 96.0 Å². The minimum absolute atomic E-state index is 0.0755. The number of hydrogen-bond acceptors (Lipinski definition) is 7. The van der Waals surface area contributed by atoms with Gasteiger partial charge in [0.05, 0.1) is 7.11 Å². The van der Waals surface area contributed by atoms with Crippen LogP contribution in [0.5, 0.6) is 0 Å². The van der Waals surface area contributed by atoms with Crippen molar-refractivity contribution in [3.63, 3.8) is 0 Å². The second kappa shape index (κ2) is 14.0. The van der Waals surface area contributed by atoms with E-state index in [0.717, 1.165) is 11.1 Å². The molecule has 1 saturated carbocycles. The van der Waals surface area contributed by atoms with Crippen LogP contribution in [0, 0.1) is 17.3 Å². The zero-order chi connectivity index (χ0) is 30.9. The first-order valence-corrected chi connectivity index (χ1v) is 14.6. The Morgan fingerprint density at radius 2 is 1.11 bits per heavy atom. The van der Waals surface area contributed by atoms with E-state index in [0.29, 0.717) is 11.1 Å². The molecule has 44 heavy (non-hydrogen) atoms. The fraction of sp³-hybridized carbons (Fsp3) is 0.243. The Labute approximate surface area is 256 Å². The average Bonchev–Trinajstić information content (AvgIpc) is 3.43. The molecule has 4 aromatic carbocycles. The second-order valence-electron chi connectivity index (χ2n) is 11.0. The lowest BCUT2D eigenvalue weighted by Crippen LogP contribution is -2.45. The Bertz CT molecular complexity index is 1510. The summed E-state index contributed by atoms with van der Waals surface area (Å²) in [6.07, 6.45) is -0.297. The van der Waals surface area contributed by atoms with Crippen LogP contribution in [0.15, 0.2) is 121 Å². The van der Waals surface area contributed by atoms with E-state index in [1.54, 1.807) is 54.6 Å². The lowest BCUT2D eigenvalue weighted by atomic mass is 9.69. The van der Waals surface area contributed by atoms with Crippen molar-refractivity contribution < 1.29 is 33.4 Å². The van der Waals surface area contributed by atoms with E-state index in [9.17, 15) is 19.2 Å². The first-order valence-electron chi connectivity index (χ1n) is 14.6. The van der Waals surface area contributed by atoms with Crippen molar-refractivity contribution in [2.45, 2.75) is 32.0 Å². The van der Waals surface area contributed by atoms with E-state index < -0.39 is 41.1 Å². The van der Waals surface area contributed by atoms with Gasteiger partial charge in [0.25, 0.3) is 0 Å². The zero-order valence-electron chi connectivity index (χ0n) is 24.5. The zero-order valence-corrected chi connectivity index (χ0v) is 24.5. The lowest BCUT2D eigenvalue weighted by molar-refractivity contribution is -0.175. The summed E-state index contributed by atoms with van der Waals surface area (Å²) in [5.74, 6) is -5.03. The van der Waals surface area contributed by atoms with E-state index in [-0.39, 0.29) is 31.8 Å². The molecule has 1 aliphatic carbocycles. The number of ketones is 1. The number of Topliss-reactive ketones (excluding diaryl/α,β-unsaturated/α-hetero) is 1. The second-order valence-corrected chi connectivity index (χ2v) is 11.0. The molecule has 5 rings (SSSR count). The van der Waals surface area contributed by atoms with Gasteiger partial charge in [0.2, 0.25) is 0 Å². The standard InChI is InChI=1S/C37H34O7/c1-42-31(38)22-30-23-37(35(40)43-24-26-14-6-2-7-15-26,36(41)44-25-27-16-8-3-9-17-27)33(28-18-10-4-11-19-28)32(30)34(39)29-20-12-5-13-21-29/h2-21,30,32-33H,22-25H2,1H3/t30-,32+,33+/m0/s1. The van der Waals surface area contributed by atoms with Gasteiger partial charge < -0.3 is 14.2 Å². The van der Waals surface area contributed by atoms with E-state index in [1.165, 1.54) is 7.11 Å². The molecule has 1 fully saturated rings. The van der Waals surface area contributed by atoms with Crippen LogP contribution in [-0.2, 0) is 41.8 Å². The largest absolute Gasteiger partial charge is 0.469 e. The third kappa shape index (κ3) is 6.47. The number of hydrogen-bond donors (Lipinski definition) is 0. The molecule has 0 unspecified atom stereocenters. The third-order valence-electron chi connectivity index (χ3n) is 8.31. The minimum Gasteiger partial charge on any atom is -0.469 e. The summed E-state index contributed by atoms with van der Waals surface area (Å²) in [7, 11) is 1.27. The van der Waals surface area contributed by atoms with Crippen LogP contribution in [0.4, 0.5) is 0 Å². The number of esters is 3. The van der Waals surface area contributed by atoms with Crippen molar-refractivity contribution in [2.75, 3.05) is 7.11 Å². The predicted molar refractivity (Wildman–Crippen MR) is 163 cm³/mol. The van der Waals surface area contributed by atoms with Crippen molar-refractivity contribution in [1.82, 2.24) is 0 Å². The van der Waals surface area contributed by atoms with Crippen LogP contribution in [0.3, 0.4) is 0 Å². The Balaban J connectivity index is 1.64. The SMILES string of the molecule is COC(=O)C[C@H]1CC(C(=O)OCc2ccccc2)(C(=O)OCc2ccccc2)[C@H](c2ccccc2)[C@@H]1C(=O)c1ccccc1. The molecule has 0 spiro atoms. The molecule has 224 valence electrons. The number of carbonyl (C=O) groups is 4. The van der Waals surface area contributed by atoms with E-state index in [2.05, 4.69) is 0 Å². The summed E-state index contributed by atoms with van der Waals surface area (Å²) in [6.45, 7) is -0.151. The average molecular weight is 591 g/mol. The van der Waals surface area contributed by atoms with Crippen molar-refractivity contribution in [1.29, 1.82) is 0 Å². The maximum Gasteiger partial charge on any atom is 0.324 e. The molecule has 1 aliphatic rings. The highest BCUT2D eigenvalue weighted by atomic mass is 16.6. The highest BCUT2D eigenvalue weighted by Crippen LogP contribution is 2.59. The number of methoxy groups -OCH3 is 1. The molecular formula is C37H34O7. The summed E-state index contributed by atoms with van der Waals surface area (Å²) >= 11 is 0. The van der Waals surface area contributed by atoms with Crippen LogP contribution in [0.1, 0.15) is 45.8 Å². The summed E-state index contributed by atoms with van der Waals surface area (Å²) < 4.78 is 16.8. The van der Waals surface area contributed by atoms with Crippen LogP contribution in [0.2, 0.25) is 0 Å². The Morgan fingerprint density at radius 1 is 0.659 bits per heavy atom. The maximum absolute atomic E-state index is 14.4. The van der Waals surface area contributed by atoms with E-state index in [4.69, 9.17) is 14.2 Å². The molecular weight excluding hydrogens is 556 g/mol. The number of ether oxygens (including phenoxy) is 3. The van der Waals surface area contributed by atoms with Crippen LogP contribution in [-0.4, -0.2) is 30.8 Å². The molecule has 4 aromatic rings. The number of carbonyl (C=O) groups excluding carboxylic acids is 4. The molecule has 0 aliphatic heterocycles. The molecule has 7 heteroatoms. The summed E-state index contributed by atoms with van der Waals surface area (Å²) in [5, 5.41) is 0. The highest BCUT2D eigenvalue weighted by Gasteiger charge is 2.66. The Morgan fingerprint density at radius 3 is 1.59 bits per heavy atom. The monoisotopic (exact) mass is 590 g/mol. The molecule has 0 bridgehead atoms. The van der Waals surface area contributed by atoms with E-state index in [1.807, 2.05) is 66.7 Å². The summed E-state index contributed by atoms with van der Waals surface area (Å²) in [4.78, 5) is 55.9. The van der Waals surface area contributed by atoms with E-state index >= 15 is 0 Å². The lowest BCUT2D eigenvalue weighted by Gasteiger charge is -2.33. The molecule has 0 saturated heterocycles. The van der Waals surface area contributed by atoms with Gasteiger partial charge in [-0.05, 0) is 29.0 Å². The van der Waals surface area contributed by atoms with Gasteiger partial charge in [-0.3, -0.25) is 19.2 Å². The first kappa shape index (κ1) is 30.4. The van der Waals surface area contributed by atoms with Gasteiger partial charge in [0.1, 0.15) is 13.2 Å². The fourth-order valence-electron chi connectivity index (χ4n) is 6.26. The van der Waals surface area contributed by atoms with Gasteiger partial charge in [-0.15, -0.1) is 0 Å². The molecule has 3 atom stereocenters. The molecule has 0 radical (unpaired) electrons. The van der Waals surface area contributed by atoms with Gasteiger partial charge in [-0.2, -0.15) is 0 Å². The number of benzene rings is 4. The summed E-state index contributed by atoms with van der Waals surface area (Å²) in [6, 6.07) is 36.0. The van der Waals surface area contributed by atoms with Gasteiger partial charge >= 0.3 is 17.9 Å². The van der Waals surface area contributed by atoms with Crippen molar-refractivity contribution in [2.24, 2.45) is 17.3 Å². The van der Waals surface area contributed by atoms with Crippen LogP contribution >= 0.6 is 0 Å². The van der Waals surface area contributed by atoms with Gasteiger partial charge in [0.15, 0.2) is 11.2 Å². The predicted octanol–water partition coefficient (Wildman–Crippen LogP) is 6.33. The summed E-state index contributed by atoms with van der Waals surface area (Å²) in [5.41, 5.74) is 0.581. The van der Waals surface area contributed by atoms with Gasteiger partial charge in [-0.1, -0.05) is 121 Å². The normalized spacial score (nSPS) is 18.6. The maximum atomic E-state index is 14.4. The van der Waals surface area contributed by atoms with Crippen molar-refractivity contribution in [3.05, 3.63) is 144 Å². The Hall–Kier alpha value is -5.04. The molecule has 0 heterocycles. The van der Waals surface area contributed by atoms with Crippen LogP contribution < -0.4 is 0 Å². The van der Waals surface area contributed by atoms with Gasteiger partial charge in [-0.25, -0.2) is 0 Å². The smallest absolute Gasteiger partial charge is 0.324 e. The van der Waals surface area contributed by atoms with Crippen molar-refractivity contribution in [3.8, 4) is 0 Å². The minimum atomic E-state index is -1.92. The molecule has 0 aromatic heterocycles. The highest BCUT2D eigenvalue weighted by molar-refractivity contribution is 6.06. The molecule has 7 nitrogen and oxygen atoms in total. The molecule has 0 amide bonds. The Kier molecular flexibility index (Phi) is 9.65. The first-order chi connectivity index (χ1) is 21.4. The number of rotatable bonds is 11. The van der Waals surface area contributed by atoms with Gasteiger partial charge in [0, 0.05) is 23.8 Å².